The largest absolute Gasteiger partial charge is 0.378 e. The molecule has 1 aliphatic heterocycles. The van der Waals surface area contributed by atoms with Gasteiger partial charge in [0.15, 0.2) is 0 Å². The lowest BCUT2D eigenvalue weighted by atomic mass is 10.0. The van der Waals surface area contributed by atoms with Gasteiger partial charge in [0.05, 0.1) is 0 Å². The molecule has 2 aromatic carbocycles. The lowest BCUT2D eigenvalue weighted by molar-refractivity contribution is -0.919. The Hall–Kier alpha value is -2.06. The van der Waals surface area contributed by atoms with Crippen LogP contribution in [0.2, 0.25) is 0 Å². The molecule has 3 nitrogen and oxygen atoms in total. The standard InChI is InChI=1S/C28H35N2OP/c1-4-27(32(24-15-7-5-8-16-24)25-17-9-6-10-18-25)28(26-19-11-13-22(26)2)29-30-20-12-14-23(30)21-31-3/h5-11,13,15-18,23,27H,4,12,14,19-21H2,1-3H3/p+1/b29-28-. The number of hydrogen-bond donors (Lipinski definition) is 1. The highest BCUT2D eigenvalue weighted by Gasteiger charge is 2.35. The van der Waals surface area contributed by atoms with Crippen molar-refractivity contribution in [1.82, 2.24) is 0 Å². The molecular weight excluding hydrogens is 411 g/mol. The molecule has 4 rings (SSSR count). The van der Waals surface area contributed by atoms with Crippen molar-refractivity contribution in [3.8, 4) is 0 Å². The number of nitrogens with zero attached hydrogens (tertiary/aromatic N) is 1. The third-order valence-electron chi connectivity index (χ3n) is 6.65. The Labute approximate surface area is 194 Å². The SMILES string of the molecule is CCC(/C(=N\[NH+]1CCCC1COC)C1=C(C)C=CC1)P(c1ccccc1)c1ccccc1. The van der Waals surface area contributed by atoms with Gasteiger partial charge in [-0.2, -0.15) is 0 Å². The lowest BCUT2D eigenvalue weighted by Gasteiger charge is -2.30. The summed E-state index contributed by atoms with van der Waals surface area (Å²) in [4.78, 5) is 0. The monoisotopic (exact) mass is 447 g/mol. The van der Waals surface area contributed by atoms with E-state index in [-0.39, 0.29) is 0 Å². The topological polar surface area (TPSA) is 26.0 Å². The number of allylic oxidation sites excluding steroid dienone is 4. The molecule has 0 amide bonds. The summed E-state index contributed by atoms with van der Waals surface area (Å²) in [6.07, 6.45) is 9.06. The van der Waals surface area contributed by atoms with Gasteiger partial charge in [0.2, 0.25) is 0 Å². The van der Waals surface area contributed by atoms with Crippen molar-refractivity contribution in [2.75, 3.05) is 20.3 Å². The van der Waals surface area contributed by atoms with Gasteiger partial charge in [-0.25, -0.2) is 5.01 Å². The summed E-state index contributed by atoms with van der Waals surface area (Å²) in [7, 11) is 1.24. The first-order valence-corrected chi connectivity index (χ1v) is 13.3. The number of quaternary nitrogens is 1. The molecule has 0 spiro atoms. The van der Waals surface area contributed by atoms with Crippen molar-refractivity contribution >= 4 is 24.2 Å². The Balaban J connectivity index is 1.81. The fraction of sp³-hybridized carbons (Fsp3) is 0.393. The van der Waals surface area contributed by atoms with Gasteiger partial charge in [-0.3, -0.25) is 0 Å². The summed E-state index contributed by atoms with van der Waals surface area (Å²) in [6.45, 7) is 6.47. The summed E-state index contributed by atoms with van der Waals surface area (Å²) in [6, 6.07) is 22.7. The summed E-state index contributed by atoms with van der Waals surface area (Å²) in [5, 5.41) is 9.74. The van der Waals surface area contributed by atoms with Crippen LogP contribution in [0.15, 0.2) is 89.1 Å². The van der Waals surface area contributed by atoms with Crippen molar-refractivity contribution < 1.29 is 9.75 Å². The quantitative estimate of drug-likeness (QED) is 0.452. The Morgan fingerprint density at radius 3 is 2.28 bits per heavy atom. The van der Waals surface area contributed by atoms with E-state index in [0.29, 0.717) is 11.7 Å². The zero-order chi connectivity index (χ0) is 22.3. The average Bonchev–Trinajstić information content (AvgIpc) is 3.46. The maximum Gasteiger partial charge on any atom is 0.135 e. The number of nitrogens with one attached hydrogen (secondary N) is 1. The minimum absolute atomic E-state index is 0.385. The van der Waals surface area contributed by atoms with Crippen molar-refractivity contribution in [2.45, 2.75) is 51.2 Å². The predicted octanol–water partition coefficient (Wildman–Crippen LogP) is 4.22. The van der Waals surface area contributed by atoms with E-state index in [4.69, 9.17) is 9.84 Å². The third-order valence-corrected chi connectivity index (χ3v) is 9.59. The third kappa shape index (κ3) is 5.12. The van der Waals surface area contributed by atoms with E-state index in [1.54, 1.807) is 0 Å². The summed E-state index contributed by atoms with van der Waals surface area (Å²) in [5.41, 5.74) is 4.52. The van der Waals surface area contributed by atoms with Crippen LogP contribution in [0, 0.1) is 0 Å². The molecule has 32 heavy (non-hydrogen) atoms. The molecule has 1 heterocycles. The van der Waals surface area contributed by atoms with Crippen LogP contribution in [0.4, 0.5) is 0 Å². The molecule has 1 saturated heterocycles. The molecule has 3 unspecified atom stereocenters. The molecule has 2 aromatic rings. The minimum Gasteiger partial charge on any atom is -0.378 e. The highest BCUT2D eigenvalue weighted by Crippen LogP contribution is 2.44. The minimum atomic E-state index is -0.569. The van der Waals surface area contributed by atoms with E-state index in [2.05, 4.69) is 86.7 Å². The predicted molar refractivity (Wildman–Crippen MR) is 138 cm³/mol. The Kier molecular flexibility index (Phi) is 8.08. The average molecular weight is 448 g/mol. The molecule has 4 heteroatoms. The van der Waals surface area contributed by atoms with Crippen LogP contribution in [0.1, 0.15) is 39.5 Å². The molecule has 0 bridgehead atoms. The van der Waals surface area contributed by atoms with Crippen LogP contribution in [0.5, 0.6) is 0 Å². The highest BCUT2D eigenvalue weighted by atomic mass is 31.1. The molecule has 1 N–H and O–H groups in total. The second kappa shape index (κ2) is 11.2. The molecule has 1 aliphatic carbocycles. The first-order chi connectivity index (χ1) is 15.7. The molecule has 0 radical (unpaired) electrons. The van der Waals surface area contributed by atoms with Gasteiger partial charge < -0.3 is 4.74 Å². The molecule has 168 valence electrons. The summed E-state index contributed by atoms with van der Waals surface area (Å²) < 4.78 is 5.55. The first-order valence-electron chi connectivity index (χ1n) is 11.9. The van der Waals surface area contributed by atoms with Crippen molar-refractivity contribution in [2.24, 2.45) is 5.10 Å². The van der Waals surface area contributed by atoms with Crippen LogP contribution in [-0.4, -0.2) is 37.7 Å². The van der Waals surface area contributed by atoms with E-state index in [1.165, 1.54) is 45.3 Å². The van der Waals surface area contributed by atoms with E-state index >= 15 is 0 Å². The highest BCUT2D eigenvalue weighted by molar-refractivity contribution is 7.74. The van der Waals surface area contributed by atoms with Gasteiger partial charge in [-0.05, 0) is 49.4 Å². The maximum absolute atomic E-state index is 5.55. The Morgan fingerprint density at radius 2 is 1.75 bits per heavy atom. The number of rotatable bonds is 9. The number of ether oxygens (including phenoxy) is 1. The van der Waals surface area contributed by atoms with Crippen LogP contribution < -0.4 is 15.6 Å². The van der Waals surface area contributed by atoms with Gasteiger partial charge in [0.25, 0.3) is 0 Å². The summed E-state index contributed by atoms with van der Waals surface area (Å²) >= 11 is 0. The zero-order valence-corrected chi connectivity index (χ0v) is 20.5. The molecule has 1 fully saturated rings. The second-order valence-corrected chi connectivity index (χ2v) is 11.2. The van der Waals surface area contributed by atoms with E-state index in [9.17, 15) is 0 Å². The number of hydrogen-bond acceptors (Lipinski definition) is 2. The Bertz CT molecular complexity index is 928. The molecule has 3 atom stereocenters. The number of methoxy groups -OCH3 is 1. The molecule has 0 saturated carbocycles. The van der Waals surface area contributed by atoms with Crippen molar-refractivity contribution in [3.05, 3.63) is 84.0 Å². The van der Waals surface area contributed by atoms with Crippen LogP contribution in [0.25, 0.3) is 0 Å². The van der Waals surface area contributed by atoms with Gasteiger partial charge >= 0.3 is 0 Å². The fourth-order valence-electron chi connectivity index (χ4n) is 5.03. The van der Waals surface area contributed by atoms with E-state index in [0.717, 1.165) is 26.0 Å². The zero-order valence-electron chi connectivity index (χ0n) is 19.6. The fourth-order valence-corrected chi connectivity index (χ4v) is 7.86. The van der Waals surface area contributed by atoms with E-state index < -0.39 is 7.92 Å². The lowest BCUT2D eigenvalue weighted by Crippen LogP contribution is -3.10. The number of benzene rings is 2. The van der Waals surface area contributed by atoms with Crippen LogP contribution >= 0.6 is 7.92 Å². The van der Waals surface area contributed by atoms with Gasteiger partial charge in [-0.15, -0.1) is 0 Å². The van der Waals surface area contributed by atoms with Gasteiger partial charge in [0, 0.05) is 25.6 Å². The Morgan fingerprint density at radius 1 is 1.09 bits per heavy atom. The first kappa shape index (κ1) is 23.1. The molecular formula is C28H36N2OP+. The maximum atomic E-state index is 5.55. The van der Waals surface area contributed by atoms with Crippen LogP contribution in [0.3, 0.4) is 0 Å². The molecule has 0 aromatic heterocycles. The van der Waals surface area contributed by atoms with Gasteiger partial charge in [0.1, 0.15) is 24.9 Å². The smallest absolute Gasteiger partial charge is 0.135 e. The normalized spacial score (nSPS) is 22.2. The second-order valence-electron chi connectivity index (χ2n) is 8.77. The van der Waals surface area contributed by atoms with Crippen LogP contribution in [-0.2, 0) is 4.74 Å². The van der Waals surface area contributed by atoms with E-state index in [1.807, 2.05) is 7.11 Å². The van der Waals surface area contributed by atoms with Crippen molar-refractivity contribution in [3.63, 3.8) is 0 Å². The molecule has 2 aliphatic rings. The van der Waals surface area contributed by atoms with Crippen molar-refractivity contribution in [1.29, 1.82) is 0 Å². The summed E-state index contributed by atoms with van der Waals surface area (Å²) in [5.74, 6) is 0. The van der Waals surface area contributed by atoms with Gasteiger partial charge in [-0.1, -0.05) is 84.8 Å².